The first-order chi connectivity index (χ1) is 28.5. The lowest BCUT2D eigenvalue weighted by Crippen LogP contribution is -2.58. The Morgan fingerprint density at radius 3 is 2.10 bits per heavy atom. The molecule has 59 heavy (non-hydrogen) atoms. The summed E-state index contributed by atoms with van der Waals surface area (Å²) in [6.45, 7) is 5.64. The van der Waals surface area contributed by atoms with Crippen LogP contribution >= 0.6 is 0 Å². The van der Waals surface area contributed by atoms with E-state index in [9.17, 15) is 28.8 Å². The number of carbonyl (C=O) groups is 6. The summed E-state index contributed by atoms with van der Waals surface area (Å²) in [5.41, 5.74) is 1.99. The zero-order valence-corrected chi connectivity index (χ0v) is 34.1. The first kappa shape index (κ1) is 44.4. The molecule has 15 nitrogen and oxygen atoms in total. The van der Waals surface area contributed by atoms with Gasteiger partial charge in [-0.1, -0.05) is 88.9 Å². The van der Waals surface area contributed by atoms with Crippen molar-refractivity contribution in [3.8, 4) is 0 Å². The van der Waals surface area contributed by atoms with Crippen LogP contribution in [0.3, 0.4) is 0 Å². The third-order valence-corrected chi connectivity index (χ3v) is 10.5. The summed E-state index contributed by atoms with van der Waals surface area (Å²) >= 11 is 0. The van der Waals surface area contributed by atoms with Crippen LogP contribution in [0, 0.1) is 11.8 Å². The van der Waals surface area contributed by atoms with E-state index in [0.29, 0.717) is 17.8 Å². The molecule has 1 saturated carbocycles. The van der Waals surface area contributed by atoms with Crippen molar-refractivity contribution >= 4 is 35.5 Å². The van der Waals surface area contributed by atoms with Gasteiger partial charge in [-0.05, 0) is 60.9 Å². The van der Waals surface area contributed by atoms with E-state index in [-0.39, 0.29) is 44.4 Å². The minimum atomic E-state index is -1.23. The van der Waals surface area contributed by atoms with E-state index >= 15 is 0 Å². The Balaban J connectivity index is 1.28. The third-order valence-electron chi connectivity index (χ3n) is 10.5. The smallest absolute Gasteiger partial charge is 0.407 e. The molecule has 5 rings (SSSR count). The van der Waals surface area contributed by atoms with Crippen molar-refractivity contribution in [2.45, 2.75) is 109 Å². The van der Waals surface area contributed by atoms with Gasteiger partial charge in [-0.3, -0.25) is 33.9 Å². The number of nitrogens with one attached hydrogen (secondary N) is 4. The summed E-state index contributed by atoms with van der Waals surface area (Å²) in [4.78, 5) is 91.8. The lowest BCUT2D eigenvalue weighted by molar-refractivity contribution is -0.143. The molecule has 2 aliphatic rings. The lowest BCUT2D eigenvalue weighted by atomic mass is 9.83. The standard InChI is InChI=1S/C44H57N7O8/c1-4-15-35(40(53)42(55)47-25-37(52)49-39(33-20-11-13-22-45-33)34-21-12-14-23-46-34)48-41(54)36-24-32(58-28-30-16-7-5-8-17-30)26-51(36)43(56)38(31-18-9-6-10-19-31)50-44(57)59-27-29(2)3/h5,7-8,11-14,16-17,20-23,29,31-32,35-36,38-39H,4,6,9-10,15,18-19,24-28H2,1-3H3,(H,47,55)(H,48,54)(H,49,52)(H,50,57). The topological polar surface area (TPSA) is 198 Å². The third kappa shape index (κ3) is 13.2. The molecule has 1 aliphatic heterocycles. The predicted octanol–water partition coefficient (Wildman–Crippen LogP) is 4.17. The molecule has 316 valence electrons. The van der Waals surface area contributed by atoms with Crippen molar-refractivity contribution in [2.75, 3.05) is 19.7 Å². The molecule has 0 bridgehead atoms. The van der Waals surface area contributed by atoms with Gasteiger partial charge >= 0.3 is 6.09 Å². The zero-order valence-electron chi connectivity index (χ0n) is 34.1. The largest absolute Gasteiger partial charge is 0.449 e. The first-order valence-electron chi connectivity index (χ1n) is 20.7. The van der Waals surface area contributed by atoms with Crippen LogP contribution in [0.15, 0.2) is 79.1 Å². The number of ether oxygens (including phenoxy) is 2. The number of hydrogen-bond acceptors (Lipinski definition) is 10. The number of Topliss-reactive ketones (excluding diaryl/α,β-unsaturated/α-hetero) is 1. The second-order valence-corrected chi connectivity index (χ2v) is 15.6. The number of pyridine rings is 2. The van der Waals surface area contributed by atoms with Gasteiger partial charge in [0.15, 0.2) is 0 Å². The normalized spacial score (nSPS) is 17.8. The van der Waals surface area contributed by atoms with Crippen LogP contribution in [0.1, 0.15) is 95.1 Å². The number of ketones is 1. The quantitative estimate of drug-likeness (QED) is 0.128. The number of alkyl carbamates (subject to hydrolysis) is 1. The van der Waals surface area contributed by atoms with E-state index < -0.39 is 72.3 Å². The summed E-state index contributed by atoms with van der Waals surface area (Å²) in [5, 5.41) is 10.8. The second-order valence-electron chi connectivity index (χ2n) is 15.6. The van der Waals surface area contributed by atoms with Gasteiger partial charge in [-0.25, -0.2) is 4.79 Å². The fraction of sp³-hybridized carbons (Fsp3) is 0.500. The number of carbonyl (C=O) groups excluding carboxylic acids is 6. The molecule has 0 spiro atoms. The van der Waals surface area contributed by atoms with E-state index in [1.54, 1.807) is 48.8 Å². The highest BCUT2D eigenvalue weighted by molar-refractivity contribution is 6.38. The van der Waals surface area contributed by atoms with Crippen LogP contribution in [0.25, 0.3) is 0 Å². The van der Waals surface area contributed by atoms with Crippen molar-refractivity contribution in [2.24, 2.45) is 11.8 Å². The Hall–Kier alpha value is -5.70. The molecule has 4 atom stereocenters. The van der Waals surface area contributed by atoms with Gasteiger partial charge in [0, 0.05) is 25.4 Å². The Morgan fingerprint density at radius 1 is 0.831 bits per heavy atom. The van der Waals surface area contributed by atoms with Crippen molar-refractivity contribution < 1.29 is 38.2 Å². The van der Waals surface area contributed by atoms with Crippen molar-refractivity contribution in [1.29, 1.82) is 0 Å². The number of likely N-dealkylation sites (tertiary alicyclic amines) is 1. The number of aromatic nitrogens is 2. The van der Waals surface area contributed by atoms with Gasteiger partial charge in [-0.15, -0.1) is 0 Å². The first-order valence-corrected chi connectivity index (χ1v) is 20.7. The Kier molecular flexibility index (Phi) is 16.9. The maximum absolute atomic E-state index is 14.6. The average Bonchev–Trinajstić information content (AvgIpc) is 3.70. The zero-order chi connectivity index (χ0) is 42.1. The maximum atomic E-state index is 14.6. The van der Waals surface area contributed by atoms with Crippen LogP contribution in [0.2, 0.25) is 0 Å². The maximum Gasteiger partial charge on any atom is 0.407 e. The van der Waals surface area contributed by atoms with Crippen LogP contribution in [0.4, 0.5) is 4.79 Å². The van der Waals surface area contributed by atoms with Crippen LogP contribution < -0.4 is 21.3 Å². The molecular formula is C44H57N7O8. The fourth-order valence-electron chi connectivity index (χ4n) is 7.47. The molecule has 2 fully saturated rings. The van der Waals surface area contributed by atoms with Crippen LogP contribution in [-0.2, 0) is 40.1 Å². The summed E-state index contributed by atoms with van der Waals surface area (Å²) in [5.74, 6) is -3.68. The van der Waals surface area contributed by atoms with E-state index in [2.05, 4.69) is 31.2 Å². The summed E-state index contributed by atoms with van der Waals surface area (Å²) in [6, 6.07) is 16.1. The number of rotatable bonds is 19. The SMILES string of the molecule is CCCC(NC(=O)C1CC(OCc2ccccc2)CN1C(=O)C(NC(=O)OCC(C)C)C1CCCCC1)C(=O)C(=O)NCC(=O)NC(c1ccccn1)c1ccccn1. The van der Waals surface area contributed by atoms with E-state index in [0.717, 1.165) is 37.7 Å². The van der Waals surface area contributed by atoms with E-state index in [4.69, 9.17) is 9.47 Å². The van der Waals surface area contributed by atoms with Crippen LogP contribution in [-0.4, -0.2) is 94.3 Å². The highest BCUT2D eigenvalue weighted by Crippen LogP contribution is 2.30. The molecule has 1 saturated heterocycles. The highest BCUT2D eigenvalue weighted by Gasteiger charge is 2.45. The van der Waals surface area contributed by atoms with Gasteiger partial charge in [0.1, 0.15) is 18.1 Å². The minimum absolute atomic E-state index is 0.0790. The Bertz CT molecular complexity index is 1800. The van der Waals surface area contributed by atoms with Gasteiger partial charge in [0.2, 0.25) is 23.5 Å². The van der Waals surface area contributed by atoms with Gasteiger partial charge in [-0.2, -0.15) is 0 Å². The van der Waals surface area contributed by atoms with Crippen molar-refractivity contribution in [1.82, 2.24) is 36.1 Å². The molecule has 15 heteroatoms. The number of benzene rings is 1. The molecule has 3 aromatic rings. The lowest BCUT2D eigenvalue weighted by Gasteiger charge is -2.34. The van der Waals surface area contributed by atoms with Crippen molar-refractivity contribution in [3.05, 3.63) is 96.1 Å². The molecule has 4 unspecified atom stereocenters. The number of amides is 5. The molecule has 5 amide bonds. The number of nitrogens with zero attached hydrogens (tertiary/aromatic N) is 3. The predicted molar refractivity (Wildman–Crippen MR) is 218 cm³/mol. The molecule has 3 heterocycles. The summed E-state index contributed by atoms with van der Waals surface area (Å²) in [6.07, 6.45) is 6.97. The average molecular weight is 812 g/mol. The molecule has 1 aromatic carbocycles. The molecule has 4 N–H and O–H groups in total. The molecule has 0 radical (unpaired) electrons. The highest BCUT2D eigenvalue weighted by atomic mass is 16.5. The molecule has 2 aromatic heterocycles. The number of hydrogen-bond donors (Lipinski definition) is 4. The minimum Gasteiger partial charge on any atom is -0.449 e. The van der Waals surface area contributed by atoms with Gasteiger partial charge in [0.25, 0.3) is 5.91 Å². The van der Waals surface area contributed by atoms with Gasteiger partial charge in [0.05, 0.1) is 43.3 Å². The van der Waals surface area contributed by atoms with Crippen LogP contribution in [0.5, 0.6) is 0 Å². The fourth-order valence-corrected chi connectivity index (χ4v) is 7.47. The Morgan fingerprint density at radius 2 is 1.49 bits per heavy atom. The monoisotopic (exact) mass is 811 g/mol. The Labute approximate surface area is 345 Å². The summed E-state index contributed by atoms with van der Waals surface area (Å²) < 4.78 is 11.6. The molecular weight excluding hydrogens is 755 g/mol. The van der Waals surface area contributed by atoms with E-state index in [1.165, 1.54) is 4.90 Å². The molecule has 1 aliphatic carbocycles. The second kappa shape index (κ2) is 22.4. The summed E-state index contributed by atoms with van der Waals surface area (Å²) in [7, 11) is 0. The van der Waals surface area contributed by atoms with Gasteiger partial charge < -0.3 is 35.6 Å². The van der Waals surface area contributed by atoms with E-state index in [1.807, 2.05) is 51.1 Å². The van der Waals surface area contributed by atoms with Crippen molar-refractivity contribution in [3.63, 3.8) is 0 Å².